The molecule has 5 heteroatoms. The molecule has 0 aliphatic heterocycles. The van der Waals surface area contributed by atoms with Crippen LogP contribution in [-0.4, -0.2) is 13.2 Å². The van der Waals surface area contributed by atoms with Gasteiger partial charge in [0, 0.05) is 23.7 Å². The van der Waals surface area contributed by atoms with Gasteiger partial charge >= 0.3 is 0 Å². The zero-order valence-corrected chi connectivity index (χ0v) is 8.63. The fraction of sp³-hybridized carbons (Fsp3) is 0.400. The summed E-state index contributed by atoms with van der Waals surface area (Å²) in [6.07, 6.45) is 0. The summed E-state index contributed by atoms with van der Waals surface area (Å²) < 4.78 is 31.3. The first-order chi connectivity index (χ1) is 6.97. The summed E-state index contributed by atoms with van der Waals surface area (Å²) in [6.45, 7) is 1.63. The van der Waals surface area contributed by atoms with E-state index < -0.39 is 23.7 Å². The zero-order valence-electron chi connectivity index (χ0n) is 8.63. The number of rotatable bonds is 3. The van der Waals surface area contributed by atoms with Crippen molar-refractivity contribution in [2.75, 3.05) is 7.11 Å². The van der Waals surface area contributed by atoms with Crippen molar-refractivity contribution in [3.05, 3.63) is 29.3 Å². The molecule has 3 nitrogen and oxygen atoms in total. The van der Waals surface area contributed by atoms with E-state index in [-0.39, 0.29) is 11.3 Å². The van der Waals surface area contributed by atoms with Gasteiger partial charge in [0.1, 0.15) is 5.82 Å². The monoisotopic (exact) mass is 216 g/mol. The first kappa shape index (κ1) is 11.9. The van der Waals surface area contributed by atoms with Crippen molar-refractivity contribution in [1.82, 2.24) is 0 Å². The predicted molar refractivity (Wildman–Crippen MR) is 53.5 cm³/mol. The molecule has 0 radical (unpaired) electrons. The van der Waals surface area contributed by atoms with Crippen molar-refractivity contribution in [3.8, 4) is 5.75 Å². The van der Waals surface area contributed by atoms with Crippen LogP contribution in [0.2, 0.25) is 0 Å². The van der Waals surface area contributed by atoms with Crippen LogP contribution in [0.1, 0.15) is 18.5 Å². The molecule has 0 saturated carbocycles. The maximum absolute atomic E-state index is 13.4. The van der Waals surface area contributed by atoms with Crippen LogP contribution in [0.4, 0.5) is 8.78 Å². The van der Waals surface area contributed by atoms with Crippen molar-refractivity contribution >= 4 is 0 Å². The van der Waals surface area contributed by atoms with Crippen LogP contribution in [0.25, 0.3) is 0 Å². The summed E-state index contributed by atoms with van der Waals surface area (Å²) in [5.41, 5.74) is 11.2. The van der Waals surface area contributed by atoms with E-state index in [4.69, 9.17) is 11.5 Å². The first-order valence-corrected chi connectivity index (χ1v) is 4.51. The van der Waals surface area contributed by atoms with E-state index in [1.807, 2.05) is 0 Å². The van der Waals surface area contributed by atoms with Crippen LogP contribution < -0.4 is 16.2 Å². The number of nitrogens with two attached hydrogens (primary N) is 2. The number of hydrogen-bond donors (Lipinski definition) is 2. The molecule has 0 fully saturated rings. The molecular weight excluding hydrogens is 202 g/mol. The van der Waals surface area contributed by atoms with Crippen molar-refractivity contribution < 1.29 is 13.5 Å². The van der Waals surface area contributed by atoms with E-state index in [9.17, 15) is 8.78 Å². The molecular formula is C10H14F2N2O. The lowest BCUT2D eigenvalue weighted by molar-refractivity contribution is 0.380. The van der Waals surface area contributed by atoms with Crippen molar-refractivity contribution in [2.45, 2.75) is 19.0 Å². The molecule has 1 aromatic carbocycles. The molecule has 15 heavy (non-hydrogen) atoms. The molecule has 2 unspecified atom stereocenters. The van der Waals surface area contributed by atoms with Crippen LogP contribution in [0.15, 0.2) is 12.1 Å². The van der Waals surface area contributed by atoms with E-state index >= 15 is 0 Å². The highest BCUT2D eigenvalue weighted by atomic mass is 19.1. The second kappa shape index (κ2) is 4.55. The molecule has 84 valence electrons. The second-order valence-corrected chi connectivity index (χ2v) is 3.39. The predicted octanol–water partition coefficient (Wildman–Crippen LogP) is 1.32. The van der Waals surface area contributed by atoms with Crippen LogP contribution in [-0.2, 0) is 0 Å². The average Bonchev–Trinajstić information content (AvgIpc) is 2.19. The number of methoxy groups -OCH3 is 1. The SMILES string of the molecule is COc1cc(F)c(C(N)C(C)N)cc1F. The maximum atomic E-state index is 13.4. The summed E-state index contributed by atoms with van der Waals surface area (Å²) in [5.74, 6) is -1.41. The van der Waals surface area contributed by atoms with E-state index in [1.165, 1.54) is 7.11 Å². The smallest absolute Gasteiger partial charge is 0.165 e. The van der Waals surface area contributed by atoms with Gasteiger partial charge < -0.3 is 16.2 Å². The van der Waals surface area contributed by atoms with E-state index in [1.54, 1.807) is 6.92 Å². The minimum absolute atomic E-state index is 0.0586. The summed E-state index contributed by atoms with van der Waals surface area (Å²) in [5, 5.41) is 0. The van der Waals surface area contributed by atoms with Gasteiger partial charge in [0.05, 0.1) is 7.11 Å². The van der Waals surface area contributed by atoms with Gasteiger partial charge in [-0.2, -0.15) is 0 Å². The lowest BCUT2D eigenvalue weighted by Gasteiger charge is -2.17. The van der Waals surface area contributed by atoms with E-state index in [0.717, 1.165) is 12.1 Å². The normalized spacial score (nSPS) is 14.8. The van der Waals surface area contributed by atoms with Gasteiger partial charge in [0.15, 0.2) is 11.6 Å². The Labute approximate surface area is 87.0 Å². The molecule has 0 aromatic heterocycles. The standard InChI is InChI=1S/C10H14F2N2O/c1-5(13)10(14)6-3-8(12)9(15-2)4-7(6)11/h3-5,10H,13-14H2,1-2H3. The second-order valence-electron chi connectivity index (χ2n) is 3.39. The minimum Gasteiger partial charge on any atom is -0.494 e. The molecule has 0 amide bonds. The van der Waals surface area contributed by atoms with Crippen molar-refractivity contribution in [3.63, 3.8) is 0 Å². The maximum Gasteiger partial charge on any atom is 0.165 e. The molecule has 1 rings (SSSR count). The topological polar surface area (TPSA) is 61.3 Å². The van der Waals surface area contributed by atoms with Gasteiger partial charge in [0.2, 0.25) is 0 Å². The lowest BCUT2D eigenvalue weighted by Crippen LogP contribution is -2.31. The summed E-state index contributed by atoms with van der Waals surface area (Å²) in [6, 6.07) is 0.799. The third-order valence-electron chi connectivity index (χ3n) is 2.20. The van der Waals surface area contributed by atoms with Gasteiger partial charge in [0.25, 0.3) is 0 Å². The Morgan fingerprint density at radius 2 is 1.80 bits per heavy atom. The van der Waals surface area contributed by atoms with Crippen molar-refractivity contribution in [2.24, 2.45) is 11.5 Å². The molecule has 0 aliphatic carbocycles. The number of halogens is 2. The van der Waals surface area contributed by atoms with Gasteiger partial charge in [-0.15, -0.1) is 0 Å². The number of hydrogen-bond acceptors (Lipinski definition) is 3. The Balaban J connectivity index is 3.15. The largest absolute Gasteiger partial charge is 0.494 e. The van der Waals surface area contributed by atoms with Crippen LogP contribution >= 0.6 is 0 Å². The Morgan fingerprint density at radius 1 is 1.20 bits per heavy atom. The zero-order chi connectivity index (χ0) is 11.6. The quantitative estimate of drug-likeness (QED) is 0.801. The van der Waals surface area contributed by atoms with Gasteiger partial charge in [-0.05, 0) is 13.0 Å². The van der Waals surface area contributed by atoms with Crippen LogP contribution in [0.5, 0.6) is 5.75 Å². The Hall–Kier alpha value is -1.20. The summed E-state index contributed by atoms with van der Waals surface area (Å²) in [7, 11) is 1.27. The Bertz CT molecular complexity index is 356. The molecule has 0 saturated heterocycles. The molecule has 0 spiro atoms. The Kier molecular flexibility index (Phi) is 3.60. The third kappa shape index (κ3) is 2.43. The third-order valence-corrected chi connectivity index (χ3v) is 2.20. The van der Waals surface area contributed by atoms with Gasteiger partial charge in [-0.25, -0.2) is 8.78 Å². The summed E-state index contributed by atoms with van der Waals surface area (Å²) in [4.78, 5) is 0. The average molecular weight is 216 g/mol. The van der Waals surface area contributed by atoms with Crippen LogP contribution in [0.3, 0.4) is 0 Å². The van der Waals surface area contributed by atoms with E-state index in [2.05, 4.69) is 4.74 Å². The van der Waals surface area contributed by atoms with Crippen molar-refractivity contribution in [1.29, 1.82) is 0 Å². The molecule has 0 bridgehead atoms. The Morgan fingerprint density at radius 3 is 2.27 bits per heavy atom. The fourth-order valence-electron chi connectivity index (χ4n) is 1.24. The fourth-order valence-corrected chi connectivity index (χ4v) is 1.24. The number of ether oxygens (including phenoxy) is 1. The number of benzene rings is 1. The molecule has 0 aliphatic rings. The van der Waals surface area contributed by atoms with Gasteiger partial charge in [-0.3, -0.25) is 0 Å². The van der Waals surface area contributed by atoms with Gasteiger partial charge in [-0.1, -0.05) is 0 Å². The highest BCUT2D eigenvalue weighted by molar-refractivity contribution is 5.33. The molecule has 1 aromatic rings. The minimum atomic E-state index is -0.731. The van der Waals surface area contributed by atoms with Crippen LogP contribution in [0, 0.1) is 11.6 Å². The highest BCUT2D eigenvalue weighted by Crippen LogP contribution is 2.25. The lowest BCUT2D eigenvalue weighted by atomic mass is 10.0. The molecule has 2 atom stereocenters. The van der Waals surface area contributed by atoms with E-state index in [0.29, 0.717) is 0 Å². The highest BCUT2D eigenvalue weighted by Gasteiger charge is 2.18. The summed E-state index contributed by atoms with van der Waals surface area (Å²) >= 11 is 0. The first-order valence-electron chi connectivity index (χ1n) is 4.51. The molecule has 0 heterocycles. The molecule has 4 N–H and O–H groups in total.